The van der Waals surface area contributed by atoms with Crippen molar-refractivity contribution in [2.24, 2.45) is 5.92 Å². The number of piperidine rings is 1. The average molecular weight is 388 g/mol. The number of nitrogens with zero attached hydrogens (tertiary/aromatic N) is 3. The number of likely N-dealkylation sites (N-methyl/N-ethyl adjacent to an activating group) is 1. The van der Waals surface area contributed by atoms with Crippen LogP contribution in [0, 0.1) is 16.0 Å². The molecule has 0 bridgehead atoms. The number of likely N-dealkylation sites (tertiary alicyclic amines) is 1. The second kappa shape index (κ2) is 7.67. The number of carboxylic acid groups (broad SMARTS) is 1. The quantitative estimate of drug-likeness (QED) is 0.588. The van der Waals surface area contributed by atoms with Crippen LogP contribution in [0.5, 0.6) is 0 Å². The summed E-state index contributed by atoms with van der Waals surface area (Å²) in [6.45, 7) is 0.395. The molecule has 0 spiro atoms. The number of carboxylic acids is 1. The number of nitro groups is 1. The molecule has 10 nitrogen and oxygen atoms in total. The van der Waals surface area contributed by atoms with Crippen molar-refractivity contribution in [3.05, 3.63) is 40.1 Å². The number of hydrogen-bond acceptors (Lipinski definition) is 5. The zero-order chi connectivity index (χ0) is 20.4. The van der Waals surface area contributed by atoms with Gasteiger partial charge in [-0.1, -0.05) is 0 Å². The maximum Gasteiger partial charge on any atom is 0.308 e. The molecule has 2 heterocycles. The first kappa shape index (κ1) is 19.3. The van der Waals surface area contributed by atoms with Gasteiger partial charge in [0.25, 0.3) is 11.6 Å². The van der Waals surface area contributed by atoms with E-state index >= 15 is 0 Å². The molecule has 2 amide bonds. The number of H-pyrrole nitrogens is 1. The first-order valence-electron chi connectivity index (χ1n) is 8.79. The number of amides is 2. The number of benzene rings is 1. The number of hydrogen-bond donors (Lipinski definition) is 2. The van der Waals surface area contributed by atoms with Crippen LogP contribution in [0.15, 0.2) is 24.4 Å². The molecule has 0 saturated carbocycles. The second-order valence-electron chi connectivity index (χ2n) is 6.87. The van der Waals surface area contributed by atoms with Gasteiger partial charge in [0.1, 0.15) is 0 Å². The van der Waals surface area contributed by atoms with E-state index in [-0.39, 0.29) is 30.2 Å². The summed E-state index contributed by atoms with van der Waals surface area (Å²) in [5.41, 5.74) is 0.679. The van der Waals surface area contributed by atoms with Crippen LogP contribution in [0.4, 0.5) is 5.69 Å². The van der Waals surface area contributed by atoms with Gasteiger partial charge in [-0.25, -0.2) is 0 Å². The minimum atomic E-state index is -0.928. The number of aliphatic carboxylic acids is 1. The van der Waals surface area contributed by atoms with Crippen molar-refractivity contribution in [1.29, 1.82) is 0 Å². The van der Waals surface area contributed by atoms with Crippen molar-refractivity contribution in [3.8, 4) is 0 Å². The molecule has 1 aromatic heterocycles. The van der Waals surface area contributed by atoms with Crippen LogP contribution < -0.4 is 0 Å². The summed E-state index contributed by atoms with van der Waals surface area (Å²) in [5, 5.41) is 20.5. The molecule has 10 heteroatoms. The highest BCUT2D eigenvalue weighted by Crippen LogP contribution is 2.24. The van der Waals surface area contributed by atoms with Gasteiger partial charge in [-0.2, -0.15) is 0 Å². The Morgan fingerprint density at radius 2 is 2.14 bits per heavy atom. The van der Waals surface area contributed by atoms with E-state index in [4.69, 9.17) is 5.11 Å². The van der Waals surface area contributed by atoms with E-state index in [1.807, 2.05) is 0 Å². The van der Waals surface area contributed by atoms with E-state index in [1.165, 1.54) is 41.2 Å². The average Bonchev–Trinajstić information content (AvgIpc) is 3.10. The van der Waals surface area contributed by atoms with Crippen molar-refractivity contribution in [2.75, 3.05) is 26.7 Å². The van der Waals surface area contributed by atoms with E-state index in [2.05, 4.69) is 4.98 Å². The Balaban J connectivity index is 1.73. The molecule has 1 aromatic carbocycles. The minimum absolute atomic E-state index is 0.132. The van der Waals surface area contributed by atoms with Crippen molar-refractivity contribution in [3.63, 3.8) is 0 Å². The smallest absolute Gasteiger partial charge is 0.308 e. The third-order valence-corrected chi connectivity index (χ3v) is 4.95. The third kappa shape index (κ3) is 3.80. The van der Waals surface area contributed by atoms with Crippen LogP contribution in [0.25, 0.3) is 10.9 Å². The lowest BCUT2D eigenvalue weighted by atomic mass is 9.98. The largest absolute Gasteiger partial charge is 0.481 e. The highest BCUT2D eigenvalue weighted by molar-refractivity contribution is 6.07. The predicted octanol–water partition coefficient (Wildman–Crippen LogP) is 1.47. The van der Waals surface area contributed by atoms with Crippen LogP contribution >= 0.6 is 0 Å². The second-order valence-corrected chi connectivity index (χ2v) is 6.87. The molecule has 2 N–H and O–H groups in total. The van der Waals surface area contributed by atoms with Gasteiger partial charge in [0.2, 0.25) is 5.91 Å². The molecule has 28 heavy (non-hydrogen) atoms. The van der Waals surface area contributed by atoms with Crippen molar-refractivity contribution < 1.29 is 24.4 Å². The minimum Gasteiger partial charge on any atom is -0.481 e. The Morgan fingerprint density at radius 3 is 2.82 bits per heavy atom. The molecule has 148 valence electrons. The molecule has 1 unspecified atom stereocenters. The van der Waals surface area contributed by atoms with Gasteiger partial charge in [-0.15, -0.1) is 0 Å². The summed E-state index contributed by atoms with van der Waals surface area (Å²) in [7, 11) is 1.47. The normalized spacial score (nSPS) is 16.8. The van der Waals surface area contributed by atoms with Gasteiger partial charge in [0.05, 0.1) is 22.9 Å². The zero-order valence-corrected chi connectivity index (χ0v) is 15.3. The zero-order valence-electron chi connectivity index (χ0n) is 15.3. The van der Waals surface area contributed by atoms with Crippen molar-refractivity contribution >= 4 is 34.4 Å². The van der Waals surface area contributed by atoms with Crippen LogP contribution in [-0.4, -0.2) is 69.3 Å². The molecule has 0 radical (unpaired) electrons. The van der Waals surface area contributed by atoms with E-state index in [1.54, 1.807) is 0 Å². The molecule has 1 atom stereocenters. The van der Waals surface area contributed by atoms with Gasteiger partial charge in [-0.3, -0.25) is 24.5 Å². The van der Waals surface area contributed by atoms with E-state index in [9.17, 15) is 24.5 Å². The van der Waals surface area contributed by atoms with E-state index in [0.29, 0.717) is 30.3 Å². The number of fused-ring (bicyclic) bond motifs is 1. The monoisotopic (exact) mass is 388 g/mol. The fourth-order valence-corrected chi connectivity index (χ4v) is 3.38. The highest BCUT2D eigenvalue weighted by Gasteiger charge is 2.29. The third-order valence-electron chi connectivity index (χ3n) is 4.95. The summed E-state index contributed by atoms with van der Waals surface area (Å²) in [6, 6.07) is 4.18. The van der Waals surface area contributed by atoms with Crippen LogP contribution in [0.3, 0.4) is 0 Å². The summed E-state index contributed by atoms with van der Waals surface area (Å²) < 4.78 is 0. The fourth-order valence-electron chi connectivity index (χ4n) is 3.38. The number of carbonyl (C=O) groups excluding carboxylic acids is 2. The number of carbonyl (C=O) groups is 3. The highest BCUT2D eigenvalue weighted by atomic mass is 16.6. The molecule has 1 aliphatic rings. The van der Waals surface area contributed by atoms with Crippen LogP contribution in [0.2, 0.25) is 0 Å². The van der Waals surface area contributed by atoms with Gasteiger partial charge < -0.3 is 19.9 Å². The molecule has 0 aliphatic carbocycles. The standard InChI is InChI=1S/C18H20N4O6/c1-20(10-16(23)21-6-2-3-11(9-21)18(25)26)17(24)14-8-19-15-5-4-12(22(27)28)7-13(14)15/h4-5,7-8,11,19H,2-3,6,9-10H2,1H3,(H,25,26). The summed E-state index contributed by atoms with van der Waals surface area (Å²) in [5.74, 6) is -2.30. The molecule has 3 rings (SSSR count). The van der Waals surface area contributed by atoms with Crippen molar-refractivity contribution in [2.45, 2.75) is 12.8 Å². The SMILES string of the molecule is CN(CC(=O)N1CCCC(C(=O)O)C1)C(=O)c1c[nH]c2ccc([N+](=O)[O-])cc12. The molecule has 1 fully saturated rings. The molecular weight excluding hydrogens is 368 g/mol. The maximum atomic E-state index is 12.8. The number of aromatic nitrogens is 1. The molecule has 1 aliphatic heterocycles. The first-order valence-corrected chi connectivity index (χ1v) is 8.79. The Labute approximate surface area is 159 Å². The predicted molar refractivity (Wildman–Crippen MR) is 98.9 cm³/mol. The number of aromatic amines is 1. The molecule has 2 aromatic rings. The number of nitrogens with one attached hydrogen (secondary N) is 1. The maximum absolute atomic E-state index is 12.8. The van der Waals surface area contributed by atoms with Crippen molar-refractivity contribution in [1.82, 2.24) is 14.8 Å². The molecular formula is C18H20N4O6. The number of rotatable bonds is 5. The van der Waals surface area contributed by atoms with Gasteiger partial charge in [0, 0.05) is 49.4 Å². The van der Waals surface area contributed by atoms with Crippen LogP contribution in [0.1, 0.15) is 23.2 Å². The topological polar surface area (TPSA) is 137 Å². The summed E-state index contributed by atoms with van der Waals surface area (Å²) in [6.07, 6.45) is 2.59. The molecule has 1 saturated heterocycles. The first-order chi connectivity index (χ1) is 13.3. The summed E-state index contributed by atoms with van der Waals surface area (Å²) >= 11 is 0. The number of nitro benzene ring substituents is 1. The number of non-ortho nitro benzene ring substituents is 1. The Kier molecular flexibility index (Phi) is 5.30. The lowest BCUT2D eigenvalue weighted by Gasteiger charge is -2.32. The lowest BCUT2D eigenvalue weighted by molar-refractivity contribution is -0.384. The van der Waals surface area contributed by atoms with Gasteiger partial charge in [-0.05, 0) is 18.9 Å². The van der Waals surface area contributed by atoms with E-state index in [0.717, 1.165) is 0 Å². The van der Waals surface area contributed by atoms with E-state index < -0.39 is 22.7 Å². The van der Waals surface area contributed by atoms with Gasteiger partial charge >= 0.3 is 5.97 Å². The summed E-state index contributed by atoms with van der Waals surface area (Å²) in [4.78, 5) is 52.5. The fraction of sp³-hybridized carbons (Fsp3) is 0.389. The Hall–Kier alpha value is -3.43. The van der Waals surface area contributed by atoms with Gasteiger partial charge in [0.15, 0.2) is 0 Å². The Morgan fingerprint density at radius 1 is 1.39 bits per heavy atom. The Bertz CT molecular complexity index is 953. The lowest BCUT2D eigenvalue weighted by Crippen LogP contribution is -2.46. The van der Waals surface area contributed by atoms with Crippen LogP contribution in [-0.2, 0) is 9.59 Å².